The van der Waals surface area contributed by atoms with E-state index in [0.29, 0.717) is 21.1 Å². The Balaban J connectivity index is 1.67. The third kappa shape index (κ3) is 3.98. The molecular formula is C18H15N3O4S. The van der Waals surface area contributed by atoms with Gasteiger partial charge in [0.25, 0.3) is 17.7 Å². The fraction of sp³-hybridized carbons (Fsp3) is 0.0556. The van der Waals surface area contributed by atoms with Gasteiger partial charge in [0, 0.05) is 18.3 Å². The van der Waals surface area contributed by atoms with Crippen molar-refractivity contribution in [3.8, 4) is 0 Å². The highest BCUT2D eigenvalue weighted by atomic mass is 32.1. The standard InChI is InChI=1S/C18H15N3O4S/c1-19-16(22)11-4-2-5-12(10-11)20-18(24)14-7-8-15(26-14)21-17(23)13-6-3-9-25-13/h2-10H,1H3,(H,19,22)(H,20,24)(H,21,23). The summed E-state index contributed by atoms with van der Waals surface area (Å²) in [6, 6.07) is 13.0. The van der Waals surface area contributed by atoms with Crippen molar-refractivity contribution in [1.29, 1.82) is 0 Å². The summed E-state index contributed by atoms with van der Waals surface area (Å²) in [6.45, 7) is 0. The first kappa shape index (κ1) is 17.4. The zero-order valence-electron chi connectivity index (χ0n) is 13.7. The molecule has 0 radical (unpaired) electrons. The Hall–Kier alpha value is -3.39. The molecule has 0 aliphatic rings. The number of hydrogen-bond acceptors (Lipinski definition) is 5. The monoisotopic (exact) mass is 369 g/mol. The number of hydrogen-bond donors (Lipinski definition) is 3. The lowest BCUT2D eigenvalue weighted by Crippen LogP contribution is -2.18. The topological polar surface area (TPSA) is 100 Å². The number of thiophene rings is 1. The maximum atomic E-state index is 12.4. The van der Waals surface area contributed by atoms with Crippen LogP contribution in [0.5, 0.6) is 0 Å². The molecule has 0 saturated carbocycles. The summed E-state index contributed by atoms with van der Waals surface area (Å²) in [5, 5.41) is 8.45. The van der Waals surface area contributed by atoms with Crippen LogP contribution >= 0.6 is 11.3 Å². The molecule has 0 saturated heterocycles. The summed E-state index contributed by atoms with van der Waals surface area (Å²) < 4.78 is 5.02. The highest BCUT2D eigenvalue weighted by Gasteiger charge is 2.14. The molecule has 0 fully saturated rings. The number of anilines is 2. The molecule has 1 aromatic carbocycles. The number of carbonyl (C=O) groups is 3. The molecule has 2 aromatic heterocycles. The summed E-state index contributed by atoms with van der Waals surface area (Å²) in [6.07, 6.45) is 1.41. The van der Waals surface area contributed by atoms with Crippen molar-refractivity contribution in [3.05, 3.63) is 71.0 Å². The summed E-state index contributed by atoms with van der Waals surface area (Å²) in [5.74, 6) is -0.764. The van der Waals surface area contributed by atoms with E-state index >= 15 is 0 Å². The van der Waals surface area contributed by atoms with Gasteiger partial charge in [0.2, 0.25) is 0 Å². The smallest absolute Gasteiger partial charge is 0.291 e. The van der Waals surface area contributed by atoms with Crippen molar-refractivity contribution in [2.75, 3.05) is 17.7 Å². The van der Waals surface area contributed by atoms with E-state index < -0.39 is 0 Å². The minimum atomic E-state index is -0.387. The average Bonchev–Trinajstić information content (AvgIpc) is 3.33. The number of furan rings is 1. The van der Waals surface area contributed by atoms with Crippen molar-refractivity contribution in [2.24, 2.45) is 0 Å². The number of nitrogens with one attached hydrogen (secondary N) is 3. The minimum Gasteiger partial charge on any atom is -0.459 e. The molecule has 3 aromatic rings. The number of benzene rings is 1. The summed E-state index contributed by atoms with van der Waals surface area (Å²) in [7, 11) is 1.54. The highest BCUT2D eigenvalue weighted by Crippen LogP contribution is 2.24. The average molecular weight is 369 g/mol. The van der Waals surface area contributed by atoms with Crippen LogP contribution in [0, 0.1) is 0 Å². The lowest BCUT2D eigenvalue weighted by atomic mass is 10.2. The molecule has 2 heterocycles. The first-order chi connectivity index (χ1) is 12.6. The Morgan fingerprint density at radius 1 is 0.923 bits per heavy atom. The third-order valence-electron chi connectivity index (χ3n) is 3.42. The van der Waals surface area contributed by atoms with E-state index in [1.807, 2.05) is 0 Å². The number of rotatable bonds is 5. The number of amides is 3. The summed E-state index contributed by atoms with van der Waals surface area (Å²) in [4.78, 5) is 36.4. The van der Waals surface area contributed by atoms with Crippen LogP contribution in [0.4, 0.5) is 10.7 Å². The van der Waals surface area contributed by atoms with Crippen LogP contribution in [0.2, 0.25) is 0 Å². The van der Waals surface area contributed by atoms with Gasteiger partial charge in [-0.3, -0.25) is 14.4 Å². The lowest BCUT2D eigenvalue weighted by molar-refractivity contribution is 0.0960. The van der Waals surface area contributed by atoms with E-state index in [2.05, 4.69) is 16.0 Å². The van der Waals surface area contributed by atoms with Gasteiger partial charge in [-0.15, -0.1) is 11.3 Å². The molecule has 26 heavy (non-hydrogen) atoms. The van der Waals surface area contributed by atoms with Gasteiger partial charge in [-0.05, 0) is 42.5 Å². The van der Waals surface area contributed by atoms with Crippen molar-refractivity contribution < 1.29 is 18.8 Å². The van der Waals surface area contributed by atoms with E-state index in [-0.39, 0.29) is 23.5 Å². The third-order valence-corrected chi connectivity index (χ3v) is 4.42. The summed E-state index contributed by atoms with van der Waals surface area (Å²) >= 11 is 1.14. The van der Waals surface area contributed by atoms with Gasteiger partial charge in [-0.2, -0.15) is 0 Å². The van der Waals surface area contributed by atoms with Gasteiger partial charge in [-0.1, -0.05) is 6.07 Å². The van der Waals surface area contributed by atoms with Crippen molar-refractivity contribution in [3.63, 3.8) is 0 Å². The molecule has 0 unspecified atom stereocenters. The van der Waals surface area contributed by atoms with Gasteiger partial charge in [0.15, 0.2) is 5.76 Å². The Morgan fingerprint density at radius 2 is 1.77 bits per heavy atom. The molecule has 0 bridgehead atoms. The molecule has 0 spiro atoms. The normalized spacial score (nSPS) is 10.2. The van der Waals surface area contributed by atoms with Crippen LogP contribution in [0.1, 0.15) is 30.6 Å². The molecule has 8 heteroatoms. The fourth-order valence-electron chi connectivity index (χ4n) is 2.18. The van der Waals surface area contributed by atoms with Gasteiger partial charge in [0.05, 0.1) is 16.1 Å². The predicted molar refractivity (Wildman–Crippen MR) is 98.8 cm³/mol. The van der Waals surface area contributed by atoms with E-state index in [0.717, 1.165) is 11.3 Å². The number of carbonyl (C=O) groups excluding carboxylic acids is 3. The van der Waals surface area contributed by atoms with E-state index in [1.54, 1.807) is 48.5 Å². The first-order valence-electron chi connectivity index (χ1n) is 7.65. The second-order valence-corrected chi connectivity index (χ2v) is 6.29. The molecule has 7 nitrogen and oxygen atoms in total. The molecule has 0 atom stereocenters. The van der Waals surface area contributed by atoms with Crippen LogP contribution in [0.3, 0.4) is 0 Å². The molecule has 0 aliphatic carbocycles. The van der Waals surface area contributed by atoms with Gasteiger partial charge in [-0.25, -0.2) is 0 Å². The molecule has 3 amide bonds. The zero-order chi connectivity index (χ0) is 18.5. The predicted octanol–water partition coefficient (Wildman–Crippen LogP) is 3.21. The van der Waals surface area contributed by atoms with Gasteiger partial charge < -0.3 is 20.4 Å². The molecule has 3 N–H and O–H groups in total. The SMILES string of the molecule is CNC(=O)c1cccc(NC(=O)c2ccc(NC(=O)c3ccco3)s2)c1. The van der Waals surface area contributed by atoms with Crippen molar-refractivity contribution in [2.45, 2.75) is 0 Å². The van der Waals surface area contributed by atoms with Crippen molar-refractivity contribution in [1.82, 2.24) is 5.32 Å². The lowest BCUT2D eigenvalue weighted by Gasteiger charge is -2.06. The molecular weight excluding hydrogens is 354 g/mol. The zero-order valence-corrected chi connectivity index (χ0v) is 14.6. The first-order valence-corrected chi connectivity index (χ1v) is 8.46. The van der Waals surface area contributed by atoms with E-state index in [1.165, 1.54) is 13.3 Å². The van der Waals surface area contributed by atoms with Crippen LogP contribution in [0.15, 0.2) is 59.2 Å². The van der Waals surface area contributed by atoms with Crippen LogP contribution in [-0.2, 0) is 0 Å². The van der Waals surface area contributed by atoms with Crippen LogP contribution < -0.4 is 16.0 Å². The Morgan fingerprint density at radius 3 is 2.50 bits per heavy atom. The second-order valence-electron chi connectivity index (χ2n) is 5.21. The largest absolute Gasteiger partial charge is 0.459 e. The highest BCUT2D eigenvalue weighted by molar-refractivity contribution is 7.18. The maximum Gasteiger partial charge on any atom is 0.291 e. The van der Waals surface area contributed by atoms with Gasteiger partial charge >= 0.3 is 0 Å². The van der Waals surface area contributed by atoms with Crippen LogP contribution in [-0.4, -0.2) is 24.8 Å². The Bertz CT molecular complexity index is 947. The van der Waals surface area contributed by atoms with E-state index in [9.17, 15) is 14.4 Å². The quantitative estimate of drug-likeness (QED) is 0.643. The van der Waals surface area contributed by atoms with Crippen LogP contribution in [0.25, 0.3) is 0 Å². The second kappa shape index (κ2) is 7.66. The Labute approximate surface area is 153 Å². The molecule has 132 valence electrons. The minimum absolute atomic E-state index is 0.190. The maximum absolute atomic E-state index is 12.4. The summed E-state index contributed by atoms with van der Waals surface area (Å²) in [5.41, 5.74) is 0.952. The van der Waals surface area contributed by atoms with Crippen molar-refractivity contribution >= 4 is 39.7 Å². The Kier molecular flexibility index (Phi) is 5.14. The van der Waals surface area contributed by atoms with E-state index in [4.69, 9.17) is 4.42 Å². The molecule has 0 aliphatic heterocycles. The molecule has 3 rings (SSSR count). The van der Waals surface area contributed by atoms with Gasteiger partial charge in [0.1, 0.15) is 0 Å². The fourth-order valence-corrected chi connectivity index (χ4v) is 2.98.